The Balaban J connectivity index is 2.03. The van der Waals surface area contributed by atoms with Gasteiger partial charge in [0.1, 0.15) is 0 Å². The molecule has 0 radical (unpaired) electrons. The summed E-state index contributed by atoms with van der Waals surface area (Å²) in [5, 5.41) is 12.8. The van der Waals surface area contributed by atoms with Crippen LogP contribution in [-0.2, 0) is 9.53 Å². The third-order valence-electron chi connectivity index (χ3n) is 2.12. The van der Waals surface area contributed by atoms with Crippen molar-refractivity contribution < 1.29 is 19.4 Å². The highest BCUT2D eigenvalue weighted by Gasteiger charge is 2.12. The molecule has 1 saturated heterocycles. The lowest BCUT2D eigenvalue weighted by molar-refractivity contribution is -0.137. The predicted octanol–water partition coefficient (Wildman–Crippen LogP) is -0.602. The fraction of sp³-hybridized carbons (Fsp3) is 0.778. The van der Waals surface area contributed by atoms with E-state index in [2.05, 4.69) is 10.7 Å². The van der Waals surface area contributed by atoms with Gasteiger partial charge in [-0.05, 0) is 6.42 Å². The molecule has 1 rings (SSSR count). The van der Waals surface area contributed by atoms with E-state index in [0.717, 1.165) is 0 Å². The smallest absolute Gasteiger partial charge is 0.329 e. The molecule has 2 amide bonds. The summed E-state index contributed by atoms with van der Waals surface area (Å²) in [5.41, 5.74) is 2.66. The number of carbonyl (C=O) groups excluding carboxylic acids is 1. The molecule has 0 bridgehead atoms. The first-order valence-electron chi connectivity index (χ1n) is 5.27. The molecule has 16 heavy (non-hydrogen) atoms. The Morgan fingerprint density at radius 1 is 1.31 bits per heavy atom. The van der Waals surface area contributed by atoms with E-state index in [4.69, 9.17) is 9.84 Å². The molecule has 1 aliphatic rings. The average Bonchev–Trinajstić information content (AvgIpc) is 2.25. The second-order valence-electron chi connectivity index (χ2n) is 3.46. The summed E-state index contributed by atoms with van der Waals surface area (Å²) in [5.74, 6) is -0.851. The normalized spacial score (nSPS) is 16.8. The molecule has 92 valence electrons. The Morgan fingerprint density at radius 3 is 2.62 bits per heavy atom. The molecule has 0 atom stereocenters. The summed E-state index contributed by atoms with van der Waals surface area (Å²) >= 11 is 0. The van der Waals surface area contributed by atoms with Gasteiger partial charge in [0.25, 0.3) is 0 Å². The van der Waals surface area contributed by atoms with Crippen molar-refractivity contribution in [2.45, 2.75) is 12.8 Å². The van der Waals surface area contributed by atoms with Crippen LogP contribution in [0.25, 0.3) is 0 Å². The Kier molecular flexibility index (Phi) is 5.58. The molecule has 0 unspecified atom stereocenters. The van der Waals surface area contributed by atoms with Crippen LogP contribution in [0.15, 0.2) is 0 Å². The fourth-order valence-corrected chi connectivity index (χ4v) is 1.30. The molecule has 0 spiro atoms. The molecule has 0 aromatic rings. The van der Waals surface area contributed by atoms with Crippen LogP contribution < -0.4 is 10.7 Å². The number of carboxylic acid groups (broad SMARTS) is 1. The van der Waals surface area contributed by atoms with Gasteiger partial charge in [0.2, 0.25) is 0 Å². The highest BCUT2D eigenvalue weighted by Crippen LogP contribution is 1.92. The van der Waals surface area contributed by atoms with E-state index in [1.165, 1.54) is 0 Å². The highest BCUT2D eigenvalue weighted by molar-refractivity contribution is 5.73. The first-order chi connectivity index (χ1) is 7.68. The third-order valence-corrected chi connectivity index (χ3v) is 2.12. The Hall–Kier alpha value is -1.34. The summed E-state index contributed by atoms with van der Waals surface area (Å²) in [6.45, 7) is 2.92. The molecule has 1 fully saturated rings. The van der Waals surface area contributed by atoms with Gasteiger partial charge in [-0.1, -0.05) is 0 Å². The summed E-state index contributed by atoms with van der Waals surface area (Å²) in [6.07, 6.45) is 0.504. The van der Waals surface area contributed by atoms with E-state index in [1.54, 1.807) is 5.01 Å². The van der Waals surface area contributed by atoms with Crippen LogP contribution in [0.4, 0.5) is 4.79 Å². The van der Waals surface area contributed by atoms with Crippen molar-refractivity contribution in [3.63, 3.8) is 0 Å². The topological polar surface area (TPSA) is 90.9 Å². The first-order valence-corrected chi connectivity index (χ1v) is 5.27. The fourth-order valence-electron chi connectivity index (χ4n) is 1.30. The number of hydrogen-bond donors (Lipinski definition) is 3. The molecule has 0 aromatic carbocycles. The summed E-state index contributed by atoms with van der Waals surface area (Å²) < 4.78 is 5.13. The number of amides is 2. The van der Waals surface area contributed by atoms with Crippen molar-refractivity contribution in [3.05, 3.63) is 0 Å². The lowest BCUT2D eigenvalue weighted by Crippen LogP contribution is -2.51. The maximum Gasteiger partial charge on any atom is 0.329 e. The number of rotatable bonds is 5. The zero-order valence-corrected chi connectivity index (χ0v) is 9.07. The number of carboxylic acids is 1. The van der Waals surface area contributed by atoms with E-state index >= 15 is 0 Å². The van der Waals surface area contributed by atoms with E-state index in [1.807, 2.05) is 0 Å². The second-order valence-corrected chi connectivity index (χ2v) is 3.46. The third kappa shape index (κ3) is 5.52. The number of aliphatic carboxylic acids is 1. The Labute approximate surface area is 93.7 Å². The van der Waals surface area contributed by atoms with Crippen LogP contribution >= 0.6 is 0 Å². The quantitative estimate of drug-likeness (QED) is 0.549. The number of nitrogens with one attached hydrogen (secondary N) is 2. The average molecular weight is 231 g/mol. The van der Waals surface area contributed by atoms with Crippen molar-refractivity contribution in [3.8, 4) is 0 Å². The highest BCUT2D eigenvalue weighted by atomic mass is 16.5. The van der Waals surface area contributed by atoms with Gasteiger partial charge in [0, 0.05) is 26.1 Å². The minimum absolute atomic E-state index is 0.0673. The molecule has 1 heterocycles. The Bertz CT molecular complexity index is 241. The van der Waals surface area contributed by atoms with Gasteiger partial charge in [-0.15, -0.1) is 0 Å². The number of ether oxygens (including phenoxy) is 1. The van der Waals surface area contributed by atoms with E-state index in [9.17, 15) is 9.59 Å². The Morgan fingerprint density at radius 2 is 2.00 bits per heavy atom. The van der Waals surface area contributed by atoms with Gasteiger partial charge in [-0.25, -0.2) is 9.80 Å². The van der Waals surface area contributed by atoms with E-state index in [-0.39, 0.29) is 12.5 Å². The van der Waals surface area contributed by atoms with Gasteiger partial charge in [0.15, 0.2) is 0 Å². The molecule has 3 N–H and O–H groups in total. The number of nitrogens with zero attached hydrogens (tertiary/aromatic N) is 1. The maximum absolute atomic E-state index is 11.3. The lowest BCUT2D eigenvalue weighted by atomic mass is 10.3. The number of carbonyl (C=O) groups is 2. The minimum Gasteiger partial charge on any atom is -0.481 e. The lowest BCUT2D eigenvalue weighted by Gasteiger charge is -2.26. The van der Waals surface area contributed by atoms with Gasteiger partial charge in [-0.2, -0.15) is 0 Å². The predicted molar refractivity (Wildman–Crippen MR) is 55.8 cm³/mol. The van der Waals surface area contributed by atoms with Crippen LogP contribution in [0.3, 0.4) is 0 Å². The van der Waals surface area contributed by atoms with Crippen molar-refractivity contribution in [2.75, 3.05) is 32.8 Å². The second kappa shape index (κ2) is 7.02. The van der Waals surface area contributed by atoms with Crippen LogP contribution in [0, 0.1) is 0 Å². The molecule has 7 nitrogen and oxygen atoms in total. The number of urea groups is 1. The molecule has 1 aliphatic heterocycles. The zero-order valence-electron chi connectivity index (χ0n) is 9.07. The van der Waals surface area contributed by atoms with Gasteiger partial charge < -0.3 is 15.2 Å². The molecular formula is C9H17N3O4. The van der Waals surface area contributed by atoms with Crippen molar-refractivity contribution >= 4 is 12.0 Å². The van der Waals surface area contributed by atoms with Gasteiger partial charge in [0.05, 0.1) is 13.2 Å². The van der Waals surface area contributed by atoms with Crippen molar-refractivity contribution in [1.82, 2.24) is 15.8 Å². The standard InChI is InChI=1S/C9H17N3O4/c13-8(14)2-1-3-10-9(15)11-12-4-6-16-7-5-12/h1-7H2,(H,13,14)(H2,10,11,15). The molecular weight excluding hydrogens is 214 g/mol. The van der Waals surface area contributed by atoms with Crippen LogP contribution in [0.2, 0.25) is 0 Å². The molecule has 0 saturated carbocycles. The minimum atomic E-state index is -0.851. The summed E-state index contributed by atoms with van der Waals surface area (Å²) in [7, 11) is 0. The monoisotopic (exact) mass is 231 g/mol. The first kappa shape index (κ1) is 12.7. The summed E-state index contributed by atoms with van der Waals surface area (Å²) in [6, 6.07) is -0.299. The molecule has 0 aliphatic carbocycles. The van der Waals surface area contributed by atoms with E-state index < -0.39 is 5.97 Å². The SMILES string of the molecule is O=C(O)CCCNC(=O)NN1CCOCC1. The van der Waals surface area contributed by atoms with Crippen LogP contribution in [-0.4, -0.2) is 55.0 Å². The maximum atomic E-state index is 11.3. The zero-order chi connectivity index (χ0) is 11.8. The van der Waals surface area contributed by atoms with E-state index in [0.29, 0.717) is 39.3 Å². The number of morpholine rings is 1. The van der Waals surface area contributed by atoms with Gasteiger partial charge in [-0.3, -0.25) is 10.2 Å². The van der Waals surface area contributed by atoms with Crippen LogP contribution in [0.1, 0.15) is 12.8 Å². The molecule has 0 aromatic heterocycles. The molecule has 7 heteroatoms. The van der Waals surface area contributed by atoms with Crippen molar-refractivity contribution in [2.24, 2.45) is 0 Å². The van der Waals surface area contributed by atoms with Gasteiger partial charge >= 0.3 is 12.0 Å². The van der Waals surface area contributed by atoms with Crippen LogP contribution in [0.5, 0.6) is 0 Å². The largest absolute Gasteiger partial charge is 0.481 e. The summed E-state index contributed by atoms with van der Waals surface area (Å²) in [4.78, 5) is 21.5. The number of hydrogen-bond acceptors (Lipinski definition) is 4. The van der Waals surface area contributed by atoms with Crippen molar-refractivity contribution in [1.29, 1.82) is 0 Å². The number of hydrazine groups is 1.